The van der Waals surface area contributed by atoms with Gasteiger partial charge in [-0.3, -0.25) is 0 Å². The minimum Gasteiger partial charge on any atom is -1.00 e. The molecule has 0 radical (unpaired) electrons. The zero-order chi connectivity index (χ0) is 16.8. The molecule has 0 aromatic carbocycles. The second kappa shape index (κ2) is 7.30. The zero-order valence-electron chi connectivity index (χ0n) is 14.8. The van der Waals surface area contributed by atoms with Gasteiger partial charge in [0.15, 0.2) is 0 Å². The average molecular weight is 484 g/mol. The largest absolute Gasteiger partial charge is 1.00 e. The third-order valence-corrected chi connectivity index (χ3v) is 8.68. The smallest absolute Gasteiger partial charge is 0.131 e. The van der Waals surface area contributed by atoms with Crippen LogP contribution < -0.4 is 24.0 Å². The number of hydrogen-bond donors (Lipinski definition) is 0. The molecule has 2 aromatic rings. The molecule has 3 atom stereocenters. The number of piperidine rings is 1. The Morgan fingerprint density at radius 3 is 2.28 bits per heavy atom. The SMILES string of the molecule is C[N+]1(C)C2CCC(C2)CC1CC(C#N)(c1cccs1)c1cccs1.[I-]. The quantitative estimate of drug-likeness (QED) is 0.482. The summed E-state index contributed by atoms with van der Waals surface area (Å²) in [4.78, 5) is 2.43. The number of hydrogen-bond acceptors (Lipinski definition) is 3. The summed E-state index contributed by atoms with van der Waals surface area (Å²) in [5.41, 5.74) is -0.473. The van der Waals surface area contributed by atoms with Gasteiger partial charge in [-0.05, 0) is 41.7 Å². The molecule has 3 heterocycles. The minimum atomic E-state index is -0.473. The van der Waals surface area contributed by atoms with E-state index in [-0.39, 0.29) is 24.0 Å². The molecule has 0 spiro atoms. The van der Waals surface area contributed by atoms with E-state index in [1.54, 1.807) is 22.7 Å². The number of rotatable bonds is 4. The number of nitrogens with zero attached hydrogens (tertiary/aromatic N) is 2. The third kappa shape index (κ3) is 3.20. The van der Waals surface area contributed by atoms with Gasteiger partial charge in [0, 0.05) is 29.0 Å². The molecule has 0 amide bonds. The molecule has 2 aliphatic rings. The normalized spacial score (nSPS) is 27.5. The Morgan fingerprint density at radius 2 is 1.76 bits per heavy atom. The molecule has 25 heavy (non-hydrogen) atoms. The molecule has 134 valence electrons. The topological polar surface area (TPSA) is 23.8 Å². The lowest BCUT2D eigenvalue weighted by atomic mass is 9.75. The second-order valence-corrected chi connectivity index (χ2v) is 9.92. The third-order valence-electron chi connectivity index (χ3n) is 6.62. The molecule has 3 unspecified atom stereocenters. The summed E-state index contributed by atoms with van der Waals surface area (Å²) in [6.07, 6.45) is 6.38. The number of halogens is 1. The van der Waals surface area contributed by atoms with Gasteiger partial charge in [0.1, 0.15) is 5.41 Å². The number of nitriles is 1. The molecular formula is C20H25IN2S2. The molecule has 4 rings (SSSR count). The van der Waals surface area contributed by atoms with Crippen LogP contribution in [-0.2, 0) is 5.41 Å². The van der Waals surface area contributed by atoms with Gasteiger partial charge in [-0.15, -0.1) is 22.7 Å². The van der Waals surface area contributed by atoms with Gasteiger partial charge >= 0.3 is 0 Å². The molecule has 1 saturated heterocycles. The summed E-state index contributed by atoms with van der Waals surface area (Å²) < 4.78 is 1.09. The van der Waals surface area contributed by atoms with Gasteiger partial charge in [-0.25, -0.2) is 0 Å². The summed E-state index contributed by atoms with van der Waals surface area (Å²) in [5.74, 6) is 0.884. The fourth-order valence-corrected chi connectivity index (χ4v) is 6.88. The van der Waals surface area contributed by atoms with Crippen molar-refractivity contribution >= 4 is 22.7 Å². The molecule has 5 heteroatoms. The Hall–Kier alpha value is -0.420. The summed E-state index contributed by atoms with van der Waals surface area (Å²) in [7, 11) is 4.81. The first kappa shape index (κ1) is 19.3. The highest BCUT2D eigenvalue weighted by atomic mass is 127. The van der Waals surface area contributed by atoms with Crippen molar-refractivity contribution in [1.82, 2.24) is 0 Å². The van der Waals surface area contributed by atoms with E-state index in [4.69, 9.17) is 0 Å². The van der Waals surface area contributed by atoms with E-state index in [1.807, 2.05) is 0 Å². The van der Waals surface area contributed by atoms with E-state index >= 15 is 0 Å². The van der Waals surface area contributed by atoms with Crippen LogP contribution in [0.15, 0.2) is 35.0 Å². The highest BCUT2D eigenvalue weighted by Gasteiger charge is 2.51. The molecule has 2 fully saturated rings. The van der Waals surface area contributed by atoms with E-state index in [0.717, 1.165) is 22.9 Å². The maximum atomic E-state index is 10.3. The van der Waals surface area contributed by atoms with Gasteiger partial charge in [0.25, 0.3) is 0 Å². The Morgan fingerprint density at radius 1 is 1.12 bits per heavy atom. The molecule has 0 N–H and O–H groups in total. The summed E-state index contributed by atoms with van der Waals surface area (Å²) in [6, 6.07) is 12.6. The number of thiophene rings is 2. The maximum absolute atomic E-state index is 10.3. The van der Waals surface area contributed by atoms with Crippen LogP contribution >= 0.6 is 22.7 Å². The van der Waals surface area contributed by atoms with Crippen molar-refractivity contribution < 1.29 is 28.5 Å². The van der Waals surface area contributed by atoms with Crippen LogP contribution in [0.5, 0.6) is 0 Å². The minimum absolute atomic E-state index is 0. The van der Waals surface area contributed by atoms with Crippen molar-refractivity contribution in [3.63, 3.8) is 0 Å². The average Bonchev–Trinajstić information content (AvgIpc) is 3.32. The van der Waals surface area contributed by atoms with E-state index in [2.05, 4.69) is 55.2 Å². The van der Waals surface area contributed by atoms with Crippen molar-refractivity contribution in [2.75, 3.05) is 14.1 Å². The van der Waals surface area contributed by atoms with Crippen molar-refractivity contribution in [2.24, 2.45) is 5.92 Å². The number of fused-ring (bicyclic) bond motifs is 2. The zero-order valence-corrected chi connectivity index (χ0v) is 18.6. The van der Waals surface area contributed by atoms with Crippen molar-refractivity contribution in [3.8, 4) is 6.07 Å². The fraction of sp³-hybridized carbons (Fsp3) is 0.550. The van der Waals surface area contributed by atoms with Crippen molar-refractivity contribution in [3.05, 3.63) is 44.8 Å². The van der Waals surface area contributed by atoms with Crippen molar-refractivity contribution in [1.29, 1.82) is 5.26 Å². The standard InChI is InChI=1S/C20H25N2S2.HI/c1-22(2)16-8-7-15(11-16)12-17(22)13-20(14-21,18-5-3-9-23-18)19-6-4-10-24-19;/h3-6,9-10,15-17H,7-8,11-13H2,1-2H3;1H/q+1;/p-1. The van der Waals surface area contributed by atoms with Gasteiger partial charge in [0.2, 0.25) is 0 Å². The molecule has 2 nitrogen and oxygen atoms in total. The first-order valence-electron chi connectivity index (χ1n) is 8.89. The van der Waals surface area contributed by atoms with Gasteiger partial charge in [-0.1, -0.05) is 12.1 Å². The molecule has 1 aliphatic heterocycles. The number of likely N-dealkylation sites (tertiary alicyclic amines) is 1. The van der Waals surface area contributed by atoms with Crippen molar-refractivity contribution in [2.45, 2.75) is 49.6 Å². The molecular weight excluding hydrogens is 459 g/mol. The van der Waals surface area contributed by atoms with E-state index in [0.29, 0.717) is 6.04 Å². The Labute approximate surface area is 176 Å². The monoisotopic (exact) mass is 484 g/mol. The van der Waals surface area contributed by atoms with Crippen LogP contribution in [-0.4, -0.2) is 30.7 Å². The maximum Gasteiger partial charge on any atom is 0.131 e. The first-order chi connectivity index (χ1) is 11.6. The molecule has 1 aliphatic carbocycles. The predicted molar refractivity (Wildman–Crippen MR) is 101 cm³/mol. The van der Waals surface area contributed by atoms with E-state index in [1.165, 1.54) is 35.4 Å². The van der Waals surface area contributed by atoms with E-state index in [9.17, 15) is 5.26 Å². The Balaban J connectivity index is 0.00000182. The lowest BCUT2D eigenvalue weighted by Gasteiger charge is -2.48. The van der Waals surface area contributed by atoms with Gasteiger partial charge in [0.05, 0.1) is 32.2 Å². The van der Waals surface area contributed by atoms with Crippen LogP contribution in [0.2, 0.25) is 0 Å². The molecule has 2 aromatic heterocycles. The summed E-state index contributed by atoms with van der Waals surface area (Å²) >= 11 is 3.47. The molecule has 1 saturated carbocycles. The van der Waals surface area contributed by atoms with Crippen LogP contribution in [0.3, 0.4) is 0 Å². The predicted octanol–water partition coefficient (Wildman–Crippen LogP) is 2.03. The van der Waals surface area contributed by atoms with Crippen LogP contribution in [0.25, 0.3) is 0 Å². The van der Waals surface area contributed by atoms with Crippen LogP contribution in [0.4, 0.5) is 0 Å². The van der Waals surface area contributed by atoms with Gasteiger partial charge in [-0.2, -0.15) is 5.26 Å². The molecule has 2 bridgehead atoms. The van der Waals surface area contributed by atoms with Crippen LogP contribution in [0, 0.1) is 17.2 Å². The lowest BCUT2D eigenvalue weighted by Crippen LogP contribution is -3.00. The lowest BCUT2D eigenvalue weighted by molar-refractivity contribution is -0.943. The Bertz CT molecular complexity index is 696. The highest BCUT2D eigenvalue weighted by molar-refractivity contribution is 7.11. The van der Waals surface area contributed by atoms with Crippen LogP contribution in [0.1, 0.15) is 41.9 Å². The second-order valence-electron chi connectivity index (χ2n) is 8.03. The summed E-state index contributed by atoms with van der Waals surface area (Å²) in [6.45, 7) is 0. The first-order valence-corrected chi connectivity index (χ1v) is 10.6. The highest BCUT2D eigenvalue weighted by Crippen LogP contribution is 2.49. The number of quaternary nitrogens is 1. The van der Waals surface area contributed by atoms with Gasteiger partial charge < -0.3 is 28.5 Å². The summed E-state index contributed by atoms with van der Waals surface area (Å²) in [5, 5.41) is 14.5. The van der Waals surface area contributed by atoms with E-state index < -0.39 is 5.41 Å². The Kier molecular flexibility index (Phi) is 5.65. The fourth-order valence-electron chi connectivity index (χ4n) is 5.01.